The maximum absolute atomic E-state index is 12.8. The van der Waals surface area contributed by atoms with Gasteiger partial charge in [0.1, 0.15) is 104 Å². The summed E-state index contributed by atoms with van der Waals surface area (Å²) in [6, 6.07) is 0. The molecule has 0 radical (unpaired) electrons. The smallest absolute Gasteiger partial charge is 0.187 e. The van der Waals surface area contributed by atoms with E-state index in [0.29, 0.717) is 32.1 Å². The van der Waals surface area contributed by atoms with E-state index in [4.69, 9.17) is 47.4 Å². The highest BCUT2D eigenvalue weighted by Gasteiger charge is 2.70. The number of hydrogen-bond acceptors (Lipinski definition) is 27. The van der Waals surface area contributed by atoms with Gasteiger partial charge in [0.25, 0.3) is 0 Å². The molecule has 0 amide bonds. The second-order valence-electron chi connectivity index (χ2n) is 28.8. The summed E-state index contributed by atoms with van der Waals surface area (Å²) in [4.78, 5) is 0. The Morgan fingerprint density at radius 3 is 1.68 bits per heavy atom. The Labute approximate surface area is 514 Å². The van der Waals surface area contributed by atoms with Crippen molar-refractivity contribution in [2.75, 3.05) is 26.4 Å². The molecule has 34 atom stereocenters. The van der Waals surface area contributed by atoms with Gasteiger partial charge < -0.3 is 134 Å². The van der Waals surface area contributed by atoms with Gasteiger partial charge in [-0.2, -0.15) is 0 Å². The number of fused-ring (bicyclic) bond motifs is 5. The summed E-state index contributed by atoms with van der Waals surface area (Å²) >= 11 is 0. The van der Waals surface area contributed by atoms with Gasteiger partial charge in [0.05, 0.1) is 62.5 Å². The number of aliphatic hydroxyl groups excluding tert-OH is 16. The molecule has 510 valence electrons. The molecular formula is C61H104O27. The lowest BCUT2D eigenvalue weighted by Crippen LogP contribution is -2.65. The minimum Gasteiger partial charge on any atom is -0.394 e. The number of rotatable bonds is 20. The molecule has 0 bridgehead atoms. The molecule has 8 fully saturated rings. The molecule has 17 N–H and O–H groups in total. The van der Waals surface area contributed by atoms with Gasteiger partial charge >= 0.3 is 0 Å². The minimum atomic E-state index is -1.79. The summed E-state index contributed by atoms with van der Waals surface area (Å²) in [6.07, 6.45) is -31.3. The molecule has 3 saturated carbocycles. The van der Waals surface area contributed by atoms with Crippen LogP contribution in [0.15, 0.2) is 11.6 Å². The predicted octanol–water partition coefficient (Wildman–Crippen LogP) is -2.96. The van der Waals surface area contributed by atoms with Gasteiger partial charge in [-0.3, -0.25) is 0 Å². The van der Waals surface area contributed by atoms with Crippen molar-refractivity contribution in [3.63, 3.8) is 0 Å². The quantitative estimate of drug-likeness (QED) is 0.0542. The molecule has 5 saturated heterocycles. The van der Waals surface area contributed by atoms with E-state index in [1.807, 2.05) is 0 Å². The third kappa shape index (κ3) is 13.0. The highest BCUT2D eigenvalue weighted by atomic mass is 16.8. The molecule has 27 heteroatoms. The fourth-order valence-corrected chi connectivity index (χ4v) is 17.2. The molecule has 5 heterocycles. The first-order valence-electron chi connectivity index (χ1n) is 31.8. The third-order valence-electron chi connectivity index (χ3n) is 23.0. The number of ether oxygens (including phenoxy) is 10. The van der Waals surface area contributed by atoms with Gasteiger partial charge in [0, 0.05) is 17.3 Å². The van der Waals surface area contributed by atoms with Crippen molar-refractivity contribution < 1.29 is 134 Å². The largest absolute Gasteiger partial charge is 0.394 e. The van der Waals surface area contributed by atoms with Crippen LogP contribution in [0, 0.1) is 45.3 Å². The van der Waals surface area contributed by atoms with E-state index in [1.54, 1.807) is 20.8 Å². The average molecular weight is 1270 g/mol. The Hall–Kier alpha value is -1.34. The van der Waals surface area contributed by atoms with Crippen molar-refractivity contribution in [2.45, 2.75) is 298 Å². The molecule has 9 rings (SSSR count). The minimum absolute atomic E-state index is 0.0171. The summed E-state index contributed by atoms with van der Waals surface area (Å²) in [6.45, 7) is 15.6. The lowest BCUT2D eigenvalue weighted by Gasteiger charge is -2.67. The lowest BCUT2D eigenvalue weighted by molar-refractivity contribution is -0.369. The SMILES string of the molecule is CC[C@H]1O[C@H](OC[C@H]2O[C@@H](O[C@H](CC[C@@H](C)C3CC[C@@]4(C)C5CC=C6C(CC[C@H](O[C@@H]7O[C@H](CO[C@H]8O[C@H](CO)[C@@H](O)[C@H](O)[C@H]8O)[C@@H](O)[C@H](O)[C@H]7O)C6(C)C)[C@]5(C)[C@H](O)C[C@]34C)C(C)(C)O)[C@H](O[C@H]3C[C@@H](O)[C@H](O)[C@@H](CO)O3)[C@@H](O)[C@@H]2O)[C@H](O)[C@@H](O)[C@@H]1O. The second-order valence-corrected chi connectivity index (χ2v) is 28.8. The number of aliphatic hydroxyl groups is 17. The molecular weight excluding hydrogens is 1160 g/mol. The zero-order valence-electron chi connectivity index (χ0n) is 52.1. The van der Waals surface area contributed by atoms with Crippen LogP contribution in [0.3, 0.4) is 0 Å². The predicted molar refractivity (Wildman–Crippen MR) is 302 cm³/mol. The van der Waals surface area contributed by atoms with E-state index >= 15 is 0 Å². The molecule has 5 aliphatic heterocycles. The number of hydrogen-bond donors (Lipinski definition) is 17. The Morgan fingerprint density at radius 2 is 1.10 bits per heavy atom. The second kappa shape index (κ2) is 27.4. The molecule has 4 aliphatic carbocycles. The van der Waals surface area contributed by atoms with Crippen LogP contribution >= 0.6 is 0 Å². The van der Waals surface area contributed by atoms with Crippen molar-refractivity contribution in [3.05, 3.63) is 11.6 Å². The van der Waals surface area contributed by atoms with Crippen LogP contribution in [0.5, 0.6) is 0 Å². The Kier molecular flexibility index (Phi) is 22.1. The van der Waals surface area contributed by atoms with E-state index in [0.717, 1.165) is 18.4 Å². The highest BCUT2D eigenvalue weighted by molar-refractivity contribution is 5.32. The van der Waals surface area contributed by atoms with E-state index in [-0.39, 0.29) is 53.8 Å². The van der Waals surface area contributed by atoms with Crippen LogP contribution < -0.4 is 0 Å². The lowest BCUT2D eigenvalue weighted by atomic mass is 9.38. The van der Waals surface area contributed by atoms with Crippen LogP contribution in [0.2, 0.25) is 0 Å². The zero-order chi connectivity index (χ0) is 64.7. The average Bonchev–Trinajstić information content (AvgIpc) is 1.28. The van der Waals surface area contributed by atoms with Crippen LogP contribution in [0.1, 0.15) is 127 Å². The molecule has 3 unspecified atom stereocenters. The summed E-state index contributed by atoms with van der Waals surface area (Å²) in [5.41, 5.74) is -2.26. The molecule has 0 aromatic carbocycles. The van der Waals surface area contributed by atoms with Gasteiger partial charge in [-0.25, -0.2) is 0 Å². The van der Waals surface area contributed by atoms with Gasteiger partial charge in [0.2, 0.25) is 0 Å². The normalized spacial score (nSPS) is 51.4. The molecule has 27 nitrogen and oxygen atoms in total. The topological polar surface area (TPSA) is 436 Å². The van der Waals surface area contributed by atoms with Crippen molar-refractivity contribution in [1.29, 1.82) is 0 Å². The highest BCUT2D eigenvalue weighted by Crippen LogP contribution is 2.75. The molecule has 9 aliphatic rings. The van der Waals surface area contributed by atoms with E-state index < -0.39 is 209 Å². The maximum Gasteiger partial charge on any atom is 0.187 e. The Morgan fingerprint density at radius 1 is 0.580 bits per heavy atom. The summed E-state index contributed by atoms with van der Waals surface area (Å²) in [5.74, 6) is 0.140. The Bertz CT molecular complexity index is 2310. The van der Waals surface area contributed by atoms with Crippen molar-refractivity contribution >= 4 is 0 Å². The van der Waals surface area contributed by atoms with Crippen LogP contribution in [-0.4, -0.2) is 285 Å². The van der Waals surface area contributed by atoms with E-state index in [1.165, 1.54) is 0 Å². The van der Waals surface area contributed by atoms with Gasteiger partial charge in [0.15, 0.2) is 31.5 Å². The fourth-order valence-electron chi connectivity index (χ4n) is 17.2. The zero-order valence-corrected chi connectivity index (χ0v) is 52.1. The van der Waals surface area contributed by atoms with Crippen molar-refractivity contribution in [3.8, 4) is 0 Å². The van der Waals surface area contributed by atoms with Crippen molar-refractivity contribution in [1.82, 2.24) is 0 Å². The van der Waals surface area contributed by atoms with Crippen LogP contribution in [-0.2, 0) is 47.4 Å². The standard InChI is InChI=1S/C61H104O27/c1-10-30-41(67)45(71)49(75)53(82-30)79-24-34-44(70)48(74)52(88-39-19-29(64)40(66)31(21-62)81-39)56(85-34)87-38(58(5,6)78)15-11-25(2)26-17-18-59(7)35-14-12-27-28(61(35,9)36(65)20-60(26,59)8)13-16-37(57(27,3)4)86-55-51(77)47(73)43(69)33(84-55)23-80-54-50(76)46(72)42(68)32(22-63)83-54/h12,25-26,28-56,62-78H,10-11,13-24H2,1-9H3/t25-,26?,28?,29-,30-,31-,32-,33-,34-,35?,36-,37+,38-,39+,40+,41-,42-,43-,44-,45+,46+,47+,48+,49-,50-,51-,52-,53+,54+,55+,56+,59+,60-,61+/m1/s1. The van der Waals surface area contributed by atoms with Crippen LogP contribution in [0.25, 0.3) is 0 Å². The monoisotopic (exact) mass is 1270 g/mol. The third-order valence-corrected chi connectivity index (χ3v) is 23.0. The number of allylic oxidation sites excluding steroid dienone is 1. The molecule has 0 aromatic rings. The van der Waals surface area contributed by atoms with Gasteiger partial charge in [-0.15, -0.1) is 0 Å². The molecule has 88 heavy (non-hydrogen) atoms. The fraction of sp³-hybridized carbons (Fsp3) is 0.967. The van der Waals surface area contributed by atoms with E-state index in [9.17, 15) is 86.8 Å². The van der Waals surface area contributed by atoms with Gasteiger partial charge in [-0.05, 0) is 106 Å². The molecule has 0 spiro atoms. The first kappa shape index (κ1) is 71.0. The Balaban J connectivity index is 0.877. The summed E-state index contributed by atoms with van der Waals surface area (Å²) < 4.78 is 60.3. The molecule has 0 aromatic heterocycles. The summed E-state index contributed by atoms with van der Waals surface area (Å²) in [5, 5.41) is 185. The van der Waals surface area contributed by atoms with E-state index in [2.05, 4.69) is 47.6 Å². The van der Waals surface area contributed by atoms with Crippen molar-refractivity contribution in [2.24, 2.45) is 45.3 Å². The maximum atomic E-state index is 12.8. The summed E-state index contributed by atoms with van der Waals surface area (Å²) in [7, 11) is 0. The first-order valence-corrected chi connectivity index (χ1v) is 31.8. The first-order chi connectivity index (χ1) is 41.2. The van der Waals surface area contributed by atoms with Gasteiger partial charge in [-0.1, -0.05) is 60.1 Å². The van der Waals surface area contributed by atoms with Crippen LogP contribution in [0.4, 0.5) is 0 Å².